The number of hydrogen-bond acceptors (Lipinski definition) is 1. The molecule has 0 radical (unpaired) electrons. The lowest BCUT2D eigenvalue weighted by atomic mass is 10.3. The second-order valence-electron chi connectivity index (χ2n) is 3.04. The van der Waals surface area contributed by atoms with Crippen molar-refractivity contribution in [3.8, 4) is 0 Å². The van der Waals surface area contributed by atoms with E-state index in [0.717, 1.165) is 17.8 Å². The SMILES string of the molecule is C=C(C)Cn1nc(C)cc1C. The van der Waals surface area contributed by atoms with Gasteiger partial charge in [0.2, 0.25) is 0 Å². The van der Waals surface area contributed by atoms with Gasteiger partial charge in [-0.05, 0) is 26.8 Å². The van der Waals surface area contributed by atoms with Gasteiger partial charge in [-0.25, -0.2) is 0 Å². The van der Waals surface area contributed by atoms with Gasteiger partial charge in [-0.3, -0.25) is 4.68 Å². The molecular weight excluding hydrogens is 136 g/mol. The van der Waals surface area contributed by atoms with Crippen molar-refractivity contribution < 1.29 is 0 Å². The Kier molecular flexibility index (Phi) is 2.13. The van der Waals surface area contributed by atoms with Crippen LogP contribution in [0, 0.1) is 13.8 Å². The summed E-state index contributed by atoms with van der Waals surface area (Å²) in [6, 6.07) is 2.07. The quantitative estimate of drug-likeness (QED) is 0.590. The van der Waals surface area contributed by atoms with E-state index in [4.69, 9.17) is 0 Å². The van der Waals surface area contributed by atoms with E-state index in [1.165, 1.54) is 5.69 Å². The minimum Gasteiger partial charge on any atom is -0.266 e. The zero-order valence-corrected chi connectivity index (χ0v) is 7.39. The summed E-state index contributed by atoms with van der Waals surface area (Å²) in [7, 11) is 0. The fourth-order valence-corrected chi connectivity index (χ4v) is 1.09. The lowest BCUT2D eigenvalue weighted by Crippen LogP contribution is -2.02. The molecule has 0 atom stereocenters. The van der Waals surface area contributed by atoms with Crippen LogP contribution in [0.5, 0.6) is 0 Å². The van der Waals surface area contributed by atoms with Gasteiger partial charge in [0.1, 0.15) is 0 Å². The Morgan fingerprint density at radius 1 is 1.64 bits per heavy atom. The van der Waals surface area contributed by atoms with Gasteiger partial charge in [-0.1, -0.05) is 12.2 Å². The summed E-state index contributed by atoms with van der Waals surface area (Å²) in [6.45, 7) is 10.7. The van der Waals surface area contributed by atoms with Crippen molar-refractivity contribution in [2.75, 3.05) is 0 Å². The van der Waals surface area contributed by atoms with E-state index in [0.29, 0.717) is 0 Å². The van der Waals surface area contributed by atoms with Crippen molar-refractivity contribution in [1.82, 2.24) is 9.78 Å². The Morgan fingerprint density at radius 3 is 2.64 bits per heavy atom. The summed E-state index contributed by atoms with van der Waals surface area (Å²) in [5, 5.41) is 4.31. The molecule has 2 heteroatoms. The van der Waals surface area contributed by atoms with Crippen LogP contribution in [0.2, 0.25) is 0 Å². The number of nitrogens with zero attached hydrogens (tertiary/aromatic N) is 2. The van der Waals surface area contributed by atoms with Crippen LogP contribution in [0.15, 0.2) is 18.2 Å². The second-order valence-corrected chi connectivity index (χ2v) is 3.04. The molecule has 0 fully saturated rings. The first kappa shape index (κ1) is 8.05. The summed E-state index contributed by atoms with van der Waals surface area (Å²) in [5.74, 6) is 0. The van der Waals surface area contributed by atoms with Gasteiger partial charge < -0.3 is 0 Å². The van der Waals surface area contributed by atoms with Gasteiger partial charge in [0.15, 0.2) is 0 Å². The van der Waals surface area contributed by atoms with Crippen molar-refractivity contribution in [3.63, 3.8) is 0 Å². The molecule has 60 valence electrons. The maximum Gasteiger partial charge on any atom is 0.0617 e. The van der Waals surface area contributed by atoms with E-state index in [2.05, 4.69) is 24.7 Å². The van der Waals surface area contributed by atoms with Crippen LogP contribution in [-0.2, 0) is 6.54 Å². The molecule has 0 aliphatic heterocycles. The van der Waals surface area contributed by atoms with E-state index < -0.39 is 0 Å². The van der Waals surface area contributed by atoms with Crippen LogP contribution in [0.25, 0.3) is 0 Å². The number of rotatable bonds is 2. The molecule has 1 rings (SSSR count). The van der Waals surface area contributed by atoms with Crippen LogP contribution >= 0.6 is 0 Å². The smallest absolute Gasteiger partial charge is 0.0617 e. The Morgan fingerprint density at radius 2 is 2.27 bits per heavy atom. The van der Waals surface area contributed by atoms with E-state index >= 15 is 0 Å². The monoisotopic (exact) mass is 150 g/mol. The van der Waals surface area contributed by atoms with Gasteiger partial charge in [-0.15, -0.1) is 0 Å². The van der Waals surface area contributed by atoms with Crippen molar-refractivity contribution in [2.24, 2.45) is 0 Å². The van der Waals surface area contributed by atoms with E-state index in [9.17, 15) is 0 Å². The van der Waals surface area contributed by atoms with Crippen LogP contribution in [0.3, 0.4) is 0 Å². The molecule has 0 N–H and O–H groups in total. The van der Waals surface area contributed by atoms with Crippen LogP contribution in [0.4, 0.5) is 0 Å². The molecule has 0 bridgehead atoms. The van der Waals surface area contributed by atoms with Gasteiger partial charge in [0.25, 0.3) is 0 Å². The van der Waals surface area contributed by atoms with Crippen molar-refractivity contribution in [1.29, 1.82) is 0 Å². The highest BCUT2D eigenvalue weighted by Gasteiger charge is 1.98. The number of hydrogen-bond donors (Lipinski definition) is 0. The second kappa shape index (κ2) is 2.91. The fourth-order valence-electron chi connectivity index (χ4n) is 1.09. The first-order valence-electron chi connectivity index (χ1n) is 3.75. The highest BCUT2D eigenvalue weighted by atomic mass is 15.3. The lowest BCUT2D eigenvalue weighted by molar-refractivity contribution is 0.652. The third kappa shape index (κ3) is 1.93. The predicted octanol–water partition coefficient (Wildman–Crippen LogP) is 2.08. The van der Waals surface area contributed by atoms with Crippen molar-refractivity contribution >= 4 is 0 Å². The zero-order valence-electron chi connectivity index (χ0n) is 7.39. The zero-order chi connectivity index (χ0) is 8.43. The van der Waals surface area contributed by atoms with Gasteiger partial charge in [0.05, 0.1) is 12.2 Å². The molecule has 1 heterocycles. The van der Waals surface area contributed by atoms with E-state index in [-0.39, 0.29) is 0 Å². The standard InChI is InChI=1S/C9H14N2/c1-7(2)6-11-9(4)5-8(3)10-11/h5H,1,6H2,2-4H3. The molecule has 0 spiro atoms. The molecule has 0 aromatic carbocycles. The molecule has 0 amide bonds. The number of aryl methyl sites for hydroxylation is 2. The predicted molar refractivity (Wildman–Crippen MR) is 46.5 cm³/mol. The topological polar surface area (TPSA) is 17.8 Å². The van der Waals surface area contributed by atoms with E-state index in [1.54, 1.807) is 0 Å². The van der Waals surface area contributed by atoms with E-state index in [1.807, 2.05) is 18.5 Å². The van der Waals surface area contributed by atoms with Crippen LogP contribution in [0.1, 0.15) is 18.3 Å². The minimum atomic E-state index is 0.833. The molecule has 0 saturated carbocycles. The normalized spacial score (nSPS) is 10.1. The van der Waals surface area contributed by atoms with Crippen molar-refractivity contribution in [3.05, 3.63) is 29.6 Å². The van der Waals surface area contributed by atoms with Crippen LogP contribution in [-0.4, -0.2) is 9.78 Å². The molecule has 1 aromatic rings. The first-order chi connectivity index (χ1) is 5.09. The molecule has 11 heavy (non-hydrogen) atoms. The first-order valence-corrected chi connectivity index (χ1v) is 3.75. The molecular formula is C9H14N2. The van der Waals surface area contributed by atoms with Gasteiger partial charge in [-0.2, -0.15) is 5.10 Å². The summed E-state index contributed by atoms with van der Waals surface area (Å²) in [6.07, 6.45) is 0. The molecule has 1 aromatic heterocycles. The Hall–Kier alpha value is -1.05. The Balaban J connectivity index is 2.85. The summed E-state index contributed by atoms with van der Waals surface area (Å²) < 4.78 is 1.97. The average Bonchev–Trinajstić information content (AvgIpc) is 2.09. The third-order valence-corrected chi connectivity index (χ3v) is 1.52. The maximum absolute atomic E-state index is 4.31. The fraction of sp³-hybridized carbons (Fsp3) is 0.444. The molecule has 0 aliphatic rings. The van der Waals surface area contributed by atoms with Gasteiger partial charge in [0, 0.05) is 5.69 Å². The highest BCUT2D eigenvalue weighted by molar-refractivity contribution is 5.08. The average molecular weight is 150 g/mol. The summed E-state index contributed by atoms with van der Waals surface area (Å²) in [4.78, 5) is 0. The maximum atomic E-state index is 4.31. The van der Waals surface area contributed by atoms with Gasteiger partial charge >= 0.3 is 0 Å². The summed E-state index contributed by atoms with van der Waals surface area (Å²) in [5.41, 5.74) is 3.41. The molecule has 0 unspecified atom stereocenters. The van der Waals surface area contributed by atoms with Crippen molar-refractivity contribution in [2.45, 2.75) is 27.3 Å². The number of aromatic nitrogens is 2. The largest absolute Gasteiger partial charge is 0.266 e. The highest BCUT2D eigenvalue weighted by Crippen LogP contribution is 2.03. The number of allylic oxidation sites excluding steroid dienone is 1. The molecule has 0 saturated heterocycles. The summed E-state index contributed by atoms with van der Waals surface area (Å²) >= 11 is 0. The Labute approximate surface area is 67.5 Å². The minimum absolute atomic E-state index is 0.833. The van der Waals surface area contributed by atoms with Crippen LogP contribution < -0.4 is 0 Å². The Bertz CT molecular complexity index is 271. The lowest BCUT2D eigenvalue weighted by Gasteiger charge is -2.01. The molecule has 0 aliphatic carbocycles. The molecule has 2 nitrogen and oxygen atoms in total. The third-order valence-electron chi connectivity index (χ3n) is 1.52.